The molecule has 5 nitrogen and oxygen atoms in total. The van der Waals surface area contributed by atoms with Crippen molar-refractivity contribution in [1.82, 2.24) is 9.88 Å². The lowest BCUT2D eigenvalue weighted by molar-refractivity contribution is 0.0983. The largest absolute Gasteiger partial charge is 0.497 e. The van der Waals surface area contributed by atoms with Crippen LogP contribution in [-0.2, 0) is 0 Å². The van der Waals surface area contributed by atoms with E-state index in [0.29, 0.717) is 12.1 Å². The van der Waals surface area contributed by atoms with Crippen molar-refractivity contribution in [2.75, 3.05) is 44.4 Å². The molecule has 162 valence electrons. The van der Waals surface area contributed by atoms with Gasteiger partial charge in [-0.15, -0.1) is 24.2 Å². The first-order valence-electron chi connectivity index (χ1n) is 9.72. The summed E-state index contributed by atoms with van der Waals surface area (Å²) < 4.78 is 6.32. The molecule has 0 unspecified atom stereocenters. The van der Waals surface area contributed by atoms with Crippen molar-refractivity contribution >= 4 is 56.8 Å². The van der Waals surface area contributed by atoms with Crippen LogP contribution in [0.3, 0.4) is 0 Å². The van der Waals surface area contributed by atoms with E-state index >= 15 is 0 Å². The van der Waals surface area contributed by atoms with Crippen LogP contribution in [0, 0.1) is 0 Å². The van der Waals surface area contributed by atoms with Crippen LogP contribution in [0.2, 0.25) is 0 Å². The molecule has 0 aliphatic rings. The van der Waals surface area contributed by atoms with Crippen LogP contribution in [0.15, 0.2) is 47.4 Å². The Morgan fingerprint density at radius 2 is 1.80 bits per heavy atom. The van der Waals surface area contributed by atoms with Gasteiger partial charge in [0.25, 0.3) is 5.91 Å². The lowest BCUT2D eigenvalue weighted by Gasteiger charge is -2.24. The van der Waals surface area contributed by atoms with Crippen LogP contribution in [-0.4, -0.2) is 55.3 Å². The Hall–Kier alpha value is -1.80. The number of rotatable bonds is 9. The van der Waals surface area contributed by atoms with Gasteiger partial charge < -0.3 is 9.64 Å². The van der Waals surface area contributed by atoms with E-state index < -0.39 is 0 Å². The Balaban J connectivity index is 0.00000320. The summed E-state index contributed by atoms with van der Waals surface area (Å²) in [6.07, 6.45) is 2.06. The number of likely N-dealkylation sites (N-methyl/N-ethyl adjacent to an activating group) is 1. The first kappa shape index (κ1) is 24.5. The minimum absolute atomic E-state index is 0. The van der Waals surface area contributed by atoms with E-state index in [4.69, 9.17) is 9.72 Å². The van der Waals surface area contributed by atoms with Gasteiger partial charge in [-0.2, -0.15) is 0 Å². The third-order valence-electron chi connectivity index (χ3n) is 4.93. The highest BCUT2D eigenvalue weighted by Crippen LogP contribution is 2.32. The number of benzene rings is 2. The highest BCUT2D eigenvalue weighted by molar-refractivity contribution is 7.98. The molecular formula is C22H28ClN3O2S2. The number of nitrogens with zero attached hydrogens (tertiary/aromatic N) is 3. The van der Waals surface area contributed by atoms with Gasteiger partial charge in [0.1, 0.15) is 5.75 Å². The number of hydrogen-bond acceptors (Lipinski definition) is 6. The molecule has 2 aromatic carbocycles. The molecule has 0 N–H and O–H groups in total. The Morgan fingerprint density at radius 3 is 2.40 bits per heavy atom. The number of thioether (sulfide) groups is 1. The maximum atomic E-state index is 13.4. The zero-order valence-electron chi connectivity index (χ0n) is 17.8. The van der Waals surface area contributed by atoms with Crippen molar-refractivity contribution < 1.29 is 9.53 Å². The molecule has 0 saturated carbocycles. The number of fused-ring (bicyclic) bond motifs is 1. The molecule has 1 aromatic heterocycles. The zero-order valence-corrected chi connectivity index (χ0v) is 20.2. The molecule has 0 spiro atoms. The smallest absolute Gasteiger partial charge is 0.260 e. The van der Waals surface area contributed by atoms with E-state index in [2.05, 4.69) is 37.1 Å². The molecule has 0 fully saturated rings. The first-order chi connectivity index (χ1) is 14.1. The van der Waals surface area contributed by atoms with Gasteiger partial charge in [-0.25, -0.2) is 4.98 Å². The summed E-state index contributed by atoms with van der Waals surface area (Å²) in [5.74, 6) is 0.699. The topological polar surface area (TPSA) is 45.7 Å². The number of thiazole rings is 1. The van der Waals surface area contributed by atoms with E-state index in [9.17, 15) is 4.79 Å². The molecule has 0 aliphatic heterocycles. The molecule has 8 heteroatoms. The fourth-order valence-electron chi connectivity index (χ4n) is 3.09. The maximum absolute atomic E-state index is 13.4. The van der Waals surface area contributed by atoms with E-state index in [0.717, 1.165) is 40.7 Å². The minimum Gasteiger partial charge on any atom is -0.497 e. The van der Waals surface area contributed by atoms with Gasteiger partial charge in [0, 0.05) is 23.5 Å². The molecule has 3 aromatic rings. The van der Waals surface area contributed by atoms with E-state index in [1.54, 1.807) is 30.2 Å². The van der Waals surface area contributed by atoms with Gasteiger partial charge in [0.05, 0.1) is 17.3 Å². The molecular weight excluding hydrogens is 438 g/mol. The lowest BCUT2D eigenvalue weighted by atomic mass is 10.2. The number of aromatic nitrogens is 1. The Labute approximate surface area is 192 Å². The fraction of sp³-hybridized carbons (Fsp3) is 0.364. The van der Waals surface area contributed by atoms with Gasteiger partial charge in [-0.3, -0.25) is 9.69 Å². The lowest BCUT2D eigenvalue weighted by Crippen LogP contribution is -2.38. The SMILES string of the molecule is CCN(CC)CCN(C(=O)c1ccc(OC)cc1)c1nc2ccc(SC)cc2s1.Cl. The fourth-order valence-corrected chi connectivity index (χ4v) is 4.63. The molecule has 30 heavy (non-hydrogen) atoms. The average Bonchev–Trinajstić information content (AvgIpc) is 3.19. The van der Waals surface area contributed by atoms with Gasteiger partial charge in [0.2, 0.25) is 0 Å². The van der Waals surface area contributed by atoms with Crippen LogP contribution >= 0.6 is 35.5 Å². The van der Waals surface area contributed by atoms with Crippen LogP contribution in [0.1, 0.15) is 24.2 Å². The summed E-state index contributed by atoms with van der Waals surface area (Å²) in [7, 11) is 1.62. The standard InChI is InChI=1S/C22H27N3O2S2.ClH/c1-5-24(6-2)13-14-25(21(26)16-7-9-17(27-3)10-8-16)22-23-19-12-11-18(28-4)15-20(19)29-22;/h7-12,15H,5-6,13-14H2,1-4H3;1H. The third kappa shape index (κ3) is 5.66. The summed E-state index contributed by atoms with van der Waals surface area (Å²) in [5, 5.41) is 0.742. The highest BCUT2D eigenvalue weighted by atomic mass is 35.5. The number of carbonyl (C=O) groups is 1. The predicted molar refractivity (Wildman–Crippen MR) is 131 cm³/mol. The zero-order chi connectivity index (χ0) is 20.8. The van der Waals surface area contributed by atoms with Crippen LogP contribution in [0.4, 0.5) is 5.13 Å². The van der Waals surface area contributed by atoms with Crippen LogP contribution < -0.4 is 9.64 Å². The second kappa shape index (κ2) is 11.6. The van der Waals surface area contributed by atoms with Gasteiger partial charge in [-0.1, -0.05) is 25.2 Å². The summed E-state index contributed by atoms with van der Waals surface area (Å²) in [6, 6.07) is 13.5. The number of anilines is 1. The van der Waals surface area contributed by atoms with Crippen molar-refractivity contribution in [3.63, 3.8) is 0 Å². The Bertz CT molecular complexity index is 959. The van der Waals surface area contributed by atoms with Crippen LogP contribution in [0.25, 0.3) is 10.2 Å². The van der Waals surface area contributed by atoms with Crippen LogP contribution in [0.5, 0.6) is 5.75 Å². The Morgan fingerprint density at radius 1 is 1.10 bits per heavy atom. The van der Waals surface area contributed by atoms with Gasteiger partial charge in [0.15, 0.2) is 5.13 Å². The number of methoxy groups -OCH3 is 1. The number of amides is 1. The molecule has 0 aliphatic carbocycles. The summed E-state index contributed by atoms with van der Waals surface area (Å²) in [5.41, 5.74) is 1.56. The van der Waals surface area contributed by atoms with E-state index in [-0.39, 0.29) is 18.3 Å². The third-order valence-corrected chi connectivity index (χ3v) is 6.70. The summed E-state index contributed by atoms with van der Waals surface area (Å²) >= 11 is 3.28. The summed E-state index contributed by atoms with van der Waals surface area (Å²) in [6.45, 7) is 7.60. The molecule has 3 rings (SSSR count). The number of hydrogen-bond donors (Lipinski definition) is 0. The van der Waals surface area contributed by atoms with Crippen molar-refractivity contribution in [1.29, 1.82) is 0 Å². The van der Waals surface area contributed by atoms with Gasteiger partial charge >= 0.3 is 0 Å². The van der Waals surface area contributed by atoms with Crippen molar-refractivity contribution in [2.24, 2.45) is 0 Å². The second-order valence-electron chi connectivity index (χ2n) is 6.54. The number of halogens is 1. The summed E-state index contributed by atoms with van der Waals surface area (Å²) in [4.78, 5) is 23.5. The molecule has 0 saturated heterocycles. The second-order valence-corrected chi connectivity index (χ2v) is 8.43. The molecule has 0 radical (unpaired) electrons. The van der Waals surface area contributed by atoms with E-state index in [1.165, 1.54) is 4.90 Å². The van der Waals surface area contributed by atoms with Crippen molar-refractivity contribution in [3.05, 3.63) is 48.0 Å². The first-order valence-corrected chi connectivity index (χ1v) is 11.8. The monoisotopic (exact) mass is 465 g/mol. The molecule has 0 atom stereocenters. The average molecular weight is 466 g/mol. The number of carbonyl (C=O) groups excluding carboxylic acids is 1. The molecule has 1 amide bonds. The molecule has 1 heterocycles. The maximum Gasteiger partial charge on any atom is 0.260 e. The predicted octanol–water partition coefficient (Wildman–Crippen LogP) is 5.44. The quantitative estimate of drug-likeness (QED) is 0.394. The highest BCUT2D eigenvalue weighted by Gasteiger charge is 2.22. The number of ether oxygens (including phenoxy) is 1. The van der Waals surface area contributed by atoms with Crippen molar-refractivity contribution in [2.45, 2.75) is 18.7 Å². The Kier molecular flexibility index (Phi) is 9.42. The molecule has 0 bridgehead atoms. The van der Waals surface area contributed by atoms with E-state index in [1.807, 2.05) is 35.2 Å². The normalized spacial score (nSPS) is 10.8. The minimum atomic E-state index is -0.0380. The van der Waals surface area contributed by atoms with Gasteiger partial charge in [-0.05, 0) is 61.8 Å². The van der Waals surface area contributed by atoms with Crippen molar-refractivity contribution in [3.8, 4) is 5.75 Å².